The molecule has 0 aliphatic carbocycles. The summed E-state index contributed by atoms with van der Waals surface area (Å²) in [5.74, 6) is -0.589. The van der Waals surface area contributed by atoms with E-state index in [4.69, 9.17) is 4.42 Å². The van der Waals surface area contributed by atoms with Gasteiger partial charge in [0, 0.05) is 13.1 Å². The second-order valence-corrected chi connectivity index (χ2v) is 6.51. The molecular weight excluding hydrogens is 280 g/mol. The summed E-state index contributed by atoms with van der Waals surface area (Å²) in [5.41, 5.74) is 0.746. The molecule has 110 valence electrons. The summed E-state index contributed by atoms with van der Waals surface area (Å²) in [6, 6.07) is 4.40. The summed E-state index contributed by atoms with van der Waals surface area (Å²) in [4.78, 5) is 13.7. The molecule has 0 bridgehead atoms. The Kier molecular flexibility index (Phi) is 4.29. The SMILES string of the molecule is CCCN(CCC)S(=O)(=O)c1ccc2oc(=O)[nH]c2c1. The third-order valence-corrected chi connectivity index (χ3v) is 4.87. The van der Waals surface area contributed by atoms with Crippen LogP contribution in [0, 0.1) is 0 Å². The lowest BCUT2D eigenvalue weighted by Gasteiger charge is -2.20. The maximum absolute atomic E-state index is 12.6. The van der Waals surface area contributed by atoms with Gasteiger partial charge >= 0.3 is 5.76 Å². The van der Waals surface area contributed by atoms with Gasteiger partial charge in [-0.1, -0.05) is 13.8 Å². The highest BCUT2D eigenvalue weighted by molar-refractivity contribution is 7.89. The first kappa shape index (κ1) is 14.8. The molecule has 0 atom stereocenters. The zero-order chi connectivity index (χ0) is 14.8. The van der Waals surface area contributed by atoms with Gasteiger partial charge in [0.1, 0.15) is 0 Å². The molecule has 1 aromatic heterocycles. The molecule has 2 rings (SSSR count). The number of fused-ring (bicyclic) bond motifs is 1. The smallest absolute Gasteiger partial charge is 0.408 e. The van der Waals surface area contributed by atoms with Crippen LogP contribution in [0.2, 0.25) is 0 Å². The molecule has 2 aromatic rings. The minimum Gasteiger partial charge on any atom is -0.408 e. The number of benzene rings is 1. The molecule has 7 heteroatoms. The number of H-pyrrole nitrogens is 1. The molecule has 20 heavy (non-hydrogen) atoms. The Morgan fingerprint density at radius 3 is 2.45 bits per heavy atom. The van der Waals surface area contributed by atoms with Gasteiger partial charge in [-0.2, -0.15) is 4.31 Å². The van der Waals surface area contributed by atoms with Crippen molar-refractivity contribution >= 4 is 21.1 Å². The highest BCUT2D eigenvalue weighted by atomic mass is 32.2. The van der Waals surface area contributed by atoms with Gasteiger partial charge in [0.05, 0.1) is 10.4 Å². The van der Waals surface area contributed by atoms with Gasteiger partial charge in [0.15, 0.2) is 5.58 Å². The number of aromatic amines is 1. The molecule has 0 aliphatic rings. The van der Waals surface area contributed by atoms with Crippen LogP contribution in [0.15, 0.2) is 32.3 Å². The predicted octanol–water partition coefficient (Wildman–Crippen LogP) is 1.93. The molecule has 1 N–H and O–H groups in total. The van der Waals surface area contributed by atoms with Crippen LogP contribution < -0.4 is 5.76 Å². The van der Waals surface area contributed by atoms with Crippen LogP contribution in [0.1, 0.15) is 26.7 Å². The molecular formula is C13H18N2O4S. The second-order valence-electron chi connectivity index (χ2n) is 4.58. The number of oxazole rings is 1. The minimum atomic E-state index is -3.54. The van der Waals surface area contributed by atoms with Crippen molar-refractivity contribution < 1.29 is 12.8 Å². The number of aromatic nitrogens is 1. The van der Waals surface area contributed by atoms with E-state index < -0.39 is 15.8 Å². The van der Waals surface area contributed by atoms with Crippen LogP contribution >= 0.6 is 0 Å². The summed E-state index contributed by atoms with van der Waals surface area (Å²) in [7, 11) is -3.54. The fourth-order valence-corrected chi connectivity index (χ4v) is 3.74. The fourth-order valence-electron chi connectivity index (χ4n) is 2.09. The van der Waals surface area contributed by atoms with E-state index in [2.05, 4.69) is 4.98 Å². The first-order valence-corrected chi connectivity index (χ1v) is 8.06. The van der Waals surface area contributed by atoms with E-state index in [9.17, 15) is 13.2 Å². The van der Waals surface area contributed by atoms with Crippen LogP contribution in [-0.2, 0) is 10.0 Å². The van der Waals surface area contributed by atoms with Gasteiger partial charge in [-0.05, 0) is 31.0 Å². The number of sulfonamides is 1. The van der Waals surface area contributed by atoms with Crippen LogP contribution in [0.25, 0.3) is 11.1 Å². The summed E-state index contributed by atoms with van der Waals surface area (Å²) < 4.78 is 31.5. The van der Waals surface area contributed by atoms with E-state index in [1.165, 1.54) is 22.5 Å². The topological polar surface area (TPSA) is 83.4 Å². The number of nitrogens with zero attached hydrogens (tertiary/aromatic N) is 1. The molecule has 1 heterocycles. The third kappa shape index (κ3) is 2.78. The average molecular weight is 298 g/mol. The van der Waals surface area contributed by atoms with E-state index in [0.717, 1.165) is 12.8 Å². The van der Waals surface area contributed by atoms with Crippen molar-refractivity contribution in [3.63, 3.8) is 0 Å². The van der Waals surface area contributed by atoms with Crippen LogP contribution in [0.3, 0.4) is 0 Å². The van der Waals surface area contributed by atoms with Crippen molar-refractivity contribution in [3.05, 3.63) is 28.7 Å². The van der Waals surface area contributed by atoms with E-state index >= 15 is 0 Å². The molecule has 1 aromatic carbocycles. The third-order valence-electron chi connectivity index (χ3n) is 2.97. The van der Waals surface area contributed by atoms with Crippen LogP contribution in [-0.4, -0.2) is 30.8 Å². The Hall–Kier alpha value is -1.60. The highest BCUT2D eigenvalue weighted by Crippen LogP contribution is 2.20. The van der Waals surface area contributed by atoms with E-state index in [0.29, 0.717) is 24.2 Å². The van der Waals surface area contributed by atoms with Gasteiger partial charge < -0.3 is 4.42 Å². The second kappa shape index (κ2) is 5.80. The number of hydrogen-bond acceptors (Lipinski definition) is 4. The fraction of sp³-hybridized carbons (Fsp3) is 0.462. The van der Waals surface area contributed by atoms with Crippen molar-refractivity contribution in [2.24, 2.45) is 0 Å². The van der Waals surface area contributed by atoms with E-state index in [1.54, 1.807) is 0 Å². The van der Waals surface area contributed by atoms with Crippen molar-refractivity contribution in [1.82, 2.24) is 9.29 Å². The molecule has 0 saturated heterocycles. The summed E-state index contributed by atoms with van der Waals surface area (Å²) in [5, 5.41) is 0. The summed E-state index contributed by atoms with van der Waals surface area (Å²) >= 11 is 0. The molecule has 0 saturated carbocycles. The van der Waals surface area contributed by atoms with Gasteiger partial charge in [0.2, 0.25) is 10.0 Å². The lowest BCUT2D eigenvalue weighted by atomic mass is 10.3. The van der Waals surface area contributed by atoms with Crippen molar-refractivity contribution in [2.75, 3.05) is 13.1 Å². The highest BCUT2D eigenvalue weighted by Gasteiger charge is 2.23. The average Bonchev–Trinajstić information content (AvgIpc) is 2.77. The lowest BCUT2D eigenvalue weighted by molar-refractivity contribution is 0.410. The van der Waals surface area contributed by atoms with E-state index in [-0.39, 0.29) is 4.90 Å². The lowest BCUT2D eigenvalue weighted by Crippen LogP contribution is -2.32. The van der Waals surface area contributed by atoms with Gasteiger partial charge in [0.25, 0.3) is 0 Å². The van der Waals surface area contributed by atoms with Gasteiger partial charge in [-0.3, -0.25) is 4.98 Å². The summed E-state index contributed by atoms with van der Waals surface area (Å²) in [6.45, 7) is 4.84. The van der Waals surface area contributed by atoms with Crippen LogP contribution in [0.4, 0.5) is 0 Å². The molecule has 6 nitrogen and oxygen atoms in total. The Bertz CT molecular complexity index is 739. The van der Waals surface area contributed by atoms with Gasteiger partial charge in [-0.25, -0.2) is 13.2 Å². The Morgan fingerprint density at radius 2 is 1.85 bits per heavy atom. The molecule has 0 amide bonds. The first-order valence-electron chi connectivity index (χ1n) is 6.62. The minimum absolute atomic E-state index is 0.170. The zero-order valence-corrected chi connectivity index (χ0v) is 12.4. The molecule has 0 unspecified atom stereocenters. The predicted molar refractivity (Wildman–Crippen MR) is 76.2 cm³/mol. The van der Waals surface area contributed by atoms with Crippen molar-refractivity contribution in [3.8, 4) is 0 Å². The zero-order valence-electron chi connectivity index (χ0n) is 11.5. The molecule has 0 radical (unpaired) electrons. The monoisotopic (exact) mass is 298 g/mol. The van der Waals surface area contributed by atoms with Gasteiger partial charge in [-0.15, -0.1) is 0 Å². The number of nitrogens with one attached hydrogen (secondary N) is 1. The number of rotatable bonds is 6. The quantitative estimate of drug-likeness (QED) is 0.883. The number of hydrogen-bond donors (Lipinski definition) is 1. The molecule has 0 fully saturated rings. The Labute approximate surface area is 117 Å². The maximum atomic E-state index is 12.6. The maximum Gasteiger partial charge on any atom is 0.417 e. The molecule has 0 aliphatic heterocycles. The Morgan fingerprint density at radius 1 is 1.20 bits per heavy atom. The summed E-state index contributed by atoms with van der Waals surface area (Å²) in [6.07, 6.45) is 1.51. The van der Waals surface area contributed by atoms with Crippen molar-refractivity contribution in [1.29, 1.82) is 0 Å². The normalized spacial score (nSPS) is 12.3. The van der Waals surface area contributed by atoms with Crippen molar-refractivity contribution in [2.45, 2.75) is 31.6 Å². The molecule has 0 spiro atoms. The largest absolute Gasteiger partial charge is 0.417 e. The standard InChI is InChI=1S/C13H18N2O4S/c1-3-7-15(8-4-2)20(17,18)10-5-6-12-11(9-10)14-13(16)19-12/h5-6,9H,3-4,7-8H2,1-2H3,(H,14,16). The van der Waals surface area contributed by atoms with Crippen LogP contribution in [0.5, 0.6) is 0 Å². The Balaban J connectivity index is 2.46. The van der Waals surface area contributed by atoms with E-state index in [1.807, 2.05) is 13.8 Å². The first-order chi connectivity index (χ1) is 9.48.